The number of carbonyl (C=O) groups is 1. The molecule has 1 aromatic carbocycles. The second-order valence-corrected chi connectivity index (χ2v) is 7.70. The lowest BCUT2D eigenvalue weighted by Gasteiger charge is -2.38. The highest BCUT2D eigenvalue weighted by Gasteiger charge is 2.31. The summed E-state index contributed by atoms with van der Waals surface area (Å²) in [5.74, 6) is -0.0669. The predicted octanol–water partition coefficient (Wildman–Crippen LogP) is 2.61. The van der Waals surface area contributed by atoms with E-state index in [1.807, 2.05) is 11.8 Å². The first-order chi connectivity index (χ1) is 15.0. The number of hydrogen-bond donors (Lipinski definition) is 1. The topological polar surface area (TPSA) is 93.4 Å². The molecule has 1 fully saturated rings. The average molecular weight is 425 g/mol. The van der Waals surface area contributed by atoms with Gasteiger partial charge < -0.3 is 14.7 Å². The quantitative estimate of drug-likeness (QED) is 0.653. The number of piperidine rings is 1. The lowest BCUT2D eigenvalue weighted by atomic mass is 9.93. The second-order valence-electron chi connectivity index (χ2n) is 7.70. The molecule has 0 bridgehead atoms. The zero-order valence-corrected chi connectivity index (χ0v) is 17.2. The summed E-state index contributed by atoms with van der Waals surface area (Å²) < 4.78 is 18.7. The number of halogens is 1. The molecular weight excluding hydrogens is 401 g/mol. The zero-order valence-electron chi connectivity index (χ0n) is 17.2. The minimum Gasteiger partial charge on any atom is -0.477 e. The summed E-state index contributed by atoms with van der Waals surface area (Å²) in [4.78, 5) is 20.7. The van der Waals surface area contributed by atoms with Gasteiger partial charge in [-0.1, -0.05) is 6.07 Å². The Kier molecular flexibility index (Phi) is 6.22. The Morgan fingerprint density at radius 3 is 2.74 bits per heavy atom. The summed E-state index contributed by atoms with van der Waals surface area (Å²) in [5.41, 5.74) is 1.65. The van der Waals surface area contributed by atoms with Crippen molar-refractivity contribution >= 4 is 5.91 Å². The fourth-order valence-electron chi connectivity index (χ4n) is 3.77. The van der Waals surface area contributed by atoms with E-state index in [4.69, 9.17) is 4.74 Å². The number of carbonyl (C=O) groups excluding carboxylic acids is 1. The summed E-state index contributed by atoms with van der Waals surface area (Å²) >= 11 is 0. The molecule has 3 heterocycles. The van der Waals surface area contributed by atoms with E-state index in [0.717, 1.165) is 19.0 Å². The molecule has 1 aliphatic rings. The molecular formula is C22H24FN5O3. The van der Waals surface area contributed by atoms with E-state index >= 15 is 0 Å². The van der Waals surface area contributed by atoms with Crippen LogP contribution < -0.4 is 4.74 Å². The van der Waals surface area contributed by atoms with Gasteiger partial charge in [-0.2, -0.15) is 15.0 Å². The highest BCUT2D eigenvalue weighted by Crippen LogP contribution is 2.26. The van der Waals surface area contributed by atoms with Crippen molar-refractivity contribution in [3.63, 3.8) is 0 Å². The fraction of sp³-hybridized carbons (Fsp3) is 0.364. The largest absolute Gasteiger partial charge is 0.477 e. The van der Waals surface area contributed by atoms with Gasteiger partial charge in [-0.15, -0.1) is 0 Å². The van der Waals surface area contributed by atoms with Crippen LogP contribution in [-0.4, -0.2) is 55.1 Å². The van der Waals surface area contributed by atoms with Gasteiger partial charge in [-0.05, 0) is 43.5 Å². The normalized spacial score (nSPS) is 18.7. The van der Waals surface area contributed by atoms with Crippen molar-refractivity contribution in [1.82, 2.24) is 24.9 Å². The highest BCUT2D eigenvalue weighted by molar-refractivity contribution is 5.98. The van der Waals surface area contributed by atoms with Crippen LogP contribution in [0.25, 0.3) is 5.69 Å². The number of ether oxygens (including phenoxy) is 1. The molecule has 8 nitrogen and oxygen atoms in total. The molecule has 162 valence electrons. The van der Waals surface area contributed by atoms with Gasteiger partial charge in [0.25, 0.3) is 5.91 Å². The Bertz CT molecular complexity index is 1030. The summed E-state index contributed by atoms with van der Waals surface area (Å²) in [5, 5.41) is 17.9. The van der Waals surface area contributed by atoms with Crippen LogP contribution in [0.5, 0.6) is 5.88 Å². The van der Waals surface area contributed by atoms with E-state index in [1.165, 1.54) is 16.9 Å². The molecule has 9 heteroatoms. The van der Waals surface area contributed by atoms with Crippen LogP contribution >= 0.6 is 0 Å². The summed E-state index contributed by atoms with van der Waals surface area (Å²) in [6.07, 6.45) is 5.97. The number of aromatic nitrogens is 4. The maximum atomic E-state index is 13.5. The van der Waals surface area contributed by atoms with E-state index in [2.05, 4.69) is 15.2 Å². The standard InChI is InChI=1S/C22H24FN5O3/c1-15-2-3-17(14-31-21-7-5-18(23)11-24-21)12-27(15)22(30)19-10-16(13-29)4-6-20(19)28-25-8-9-26-28/h4-11,15,17,29H,2-3,12-14H2,1H3/t15-,17+/m1/s1. The minimum atomic E-state index is -0.414. The monoisotopic (exact) mass is 425 g/mol. The molecule has 2 atom stereocenters. The third kappa shape index (κ3) is 4.72. The van der Waals surface area contributed by atoms with E-state index in [-0.39, 0.29) is 24.5 Å². The molecule has 0 saturated carbocycles. The first kappa shape index (κ1) is 20.9. The molecule has 4 rings (SSSR count). The van der Waals surface area contributed by atoms with Gasteiger partial charge >= 0.3 is 0 Å². The predicted molar refractivity (Wildman–Crippen MR) is 110 cm³/mol. The van der Waals surface area contributed by atoms with Crippen LogP contribution in [0.15, 0.2) is 48.9 Å². The van der Waals surface area contributed by atoms with Gasteiger partial charge in [-0.25, -0.2) is 9.37 Å². The number of pyridine rings is 1. The van der Waals surface area contributed by atoms with Crippen LogP contribution in [0.4, 0.5) is 4.39 Å². The molecule has 0 unspecified atom stereocenters. The van der Waals surface area contributed by atoms with Crippen molar-refractivity contribution in [2.75, 3.05) is 13.2 Å². The number of rotatable bonds is 6. The fourth-order valence-corrected chi connectivity index (χ4v) is 3.77. The van der Waals surface area contributed by atoms with Gasteiger partial charge in [0.2, 0.25) is 5.88 Å². The Morgan fingerprint density at radius 1 is 1.23 bits per heavy atom. The Balaban J connectivity index is 1.52. The number of hydrogen-bond acceptors (Lipinski definition) is 6. The lowest BCUT2D eigenvalue weighted by Crippen LogP contribution is -2.47. The summed E-state index contributed by atoms with van der Waals surface area (Å²) in [7, 11) is 0. The number of benzene rings is 1. The van der Waals surface area contributed by atoms with Crippen molar-refractivity contribution in [3.8, 4) is 11.6 Å². The maximum absolute atomic E-state index is 13.5. The first-order valence-corrected chi connectivity index (χ1v) is 10.2. The van der Waals surface area contributed by atoms with Crippen molar-refractivity contribution in [2.24, 2.45) is 5.92 Å². The Morgan fingerprint density at radius 2 is 2.03 bits per heavy atom. The van der Waals surface area contributed by atoms with Gasteiger partial charge in [-0.3, -0.25) is 4.79 Å². The third-order valence-corrected chi connectivity index (χ3v) is 5.52. The van der Waals surface area contributed by atoms with Crippen molar-refractivity contribution in [3.05, 3.63) is 65.9 Å². The van der Waals surface area contributed by atoms with E-state index in [0.29, 0.717) is 35.8 Å². The molecule has 1 N–H and O–H groups in total. The zero-order chi connectivity index (χ0) is 21.8. The number of aliphatic hydroxyl groups is 1. The van der Waals surface area contributed by atoms with Crippen LogP contribution in [0, 0.1) is 11.7 Å². The average Bonchev–Trinajstić information content (AvgIpc) is 3.33. The molecule has 31 heavy (non-hydrogen) atoms. The molecule has 1 aliphatic heterocycles. The van der Waals surface area contributed by atoms with Crippen molar-refractivity contribution < 1.29 is 19.0 Å². The molecule has 0 radical (unpaired) electrons. The molecule has 0 aliphatic carbocycles. The first-order valence-electron chi connectivity index (χ1n) is 10.2. The summed E-state index contributed by atoms with van der Waals surface area (Å²) in [6, 6.07) is 8.04. The van der Waals surface area contributed by atoms with Crippen molar-refractivity contribution in [2.45, 2.75) is 32.4 Å². The minimum absolute atomic E-state index is 0.0592. The molecule has 3 aromatic rings. The SMILES string of the molecule is C[C@@H]1CC[C@H](COc2ccc(F)cn2)CN1C(=O)c1cc(CO)ccc1-n1nccn1. The number of nitrogens with zero attached hydrogens (tertiary/aromatic N) is 5. The van der Waals surface area contributed by atoms with Gasteiger partial charge in [0.1, 0.15) is 5.82 Å². The molecule has 1 amide bonds. The Labute approximate surface area is 179 Å². The van der Waals surface area contributed by atoms with E-state index < -0.39 is 5.82 Å². The maximum Gasteiger partial charge on any atom is 0.256 e. The van der Waals surface area contributed by atoms with Gasteiger partial charge in [0, 0.05) is 24.6 Å². The van der Waals surface area contributed by atoms with Gasteiger partial charge in [0.15, 0.2) is 0 Å². The smallest absolute Gasteiger partial charge is 0.256 e. The number of amides is 1. The van der Waals surface area contributed by atoms with Crippen molar-refractivity contribution in [1.29, 1.82) is 0 Å². The Hall–Kier alpha value is -3.33. The lowest BCUT2D eigenvalue weighted by molar-refractivity contribution is 0.0502. The second kappa shape index (κ2) is 9.22. The van der Waals surface area contributed by atoms with E-state index in [9.17, 15) is 14.3 Å². The van der Waals surface area contributed by atoms with Gasteiger partial charge in [0.05, 0.1) is 43.1 Å². The van der Waals surface area contributed by atoms with Crippen LogP contribution in [0.2, 0.25) is 0 Å². The number of aliphatic hydroxyl groups excluding tert-OH is 1. The summed E-state index contributed by atoms with van der Waals surface area (Å²) in [6.45, 7) is 2.78. The van der Waals surface area contributed by atoms with Crippen LogP contribution in [-0.2, 0) is 6.61 Å². The van der Waals surface area contributed by atoms with Crippen LogP contribution in [0.1, 0.15) is 35.7 Å². The molecule has 2 aromatic heterocycles. The van der Waals surface area contributed by atoms with Crippen LogP contribution in [0.3, 0.4) is 0 Å². The third-order valence-electron chi connectivity index (χ3n) is 5.52. The molecule has 1 saturated heterocycles. The highest BCUT2D eigenvalue weighted by atomic mass is 19.1. The molecule has 0 spiro atoms. The number of likely N-dealkylation sites (tertiary alicyclic amines) is 1. The van der Waals surface area contributed by atoms with E-state index in [1.54, 1.807) is 30.6 Å².